The van der Waals surface area contributed by atoms with Crippen LogP contribution in [0.2, 0.25) is 0 Å². The minimum absolute atomic E-state index is 0.109. The van der Waals surface area contributed by atoms with Gasteiger partial charge in [0.05, 0.1) is 22.8 Å². The molecule has 0 N–H and O–H groups in total. The molecule has 0 saturated heterocycles. The van der Waals surface area contributed by atoms with E-state index >= 15 is 0 Å². The summed E-state index contributed by atoms with van der Waals surface area (Å²) >= 11 is 4.98. The zero-order chi connectivity index (χ0) is 22.4. The van der Waals surface area contributed by atoms with Gasteiger partial charge in [0.15, 0.2) is 0 Å². The maximum absolute atomic E-state index is 13.4. The summed E-state index contributed by atoms with van der Waals surface area (Å²) in [4.78, 5) is 46.2. The molecule has 2 amide bonds. The van der Waals surface area contributed by atoms with E-state index in [-0.39, 0.29) is 30.5 Å². The molecule has 0 bridgehead atoms. The van der Waals surface area contributed by atoms with Crippen LogP contribution in [0.5, 0.6) is 0 Å². The van der Waals surface area contributed by atoms with Crippen molar-refractivity contribution in [1.82, 2.24) is 14.5 Å². The van der Waals surface area contributed by atoms with E-state index in [0.717, 1.165) is 26.9 Å². The van der Waals surface area contributed by atoms with E-state index in [2.05, 4.69) is 27.8 Å². The number of hydrogen-bond acceptors (Lipinski definition) is 5. The molecule has 0 atom stereocenters. The van der Waals surface area contributed by atoms with E-state index in [4.69, 9.17) is 0 Å². The number of halogens is 1. The standard InChI is InChI=1S/C24H18BrN3O3S/c1-2-18-19(14-7-9-15(25)10-8-14)20-21(32-18)26-13-27(24(20)31)11-12-28-22(29)16-5-3-4-6-17(16)23(28)30/h3-10,13H,2,11-12H2,1H3. The second-order valence-electron chi connectivity index (χ2n) is 7.49. The second-order valence-corrected chi connectivity index (χ2v) is 9.49. The Hall–Kier alpha value is -3.10. The molecular formula is C24H18BrN3O3S. The van der Waals surface area contributed by atoms with Crippen molar-refractivity contribution in [2.24, 2.45) is 0 Å². The van der Waals surface area contributed by atoms with Crippen molar-refractivity contribution in [2.45, 2.75) is 19.9 Å². The molecule has 6 nitrogen and oxygen atoms in total. The first-order valence-electron chi connectivity index (χ1n) is 10.2. The molecule has 1 aliphatic heterocycles. The Bertz CT molecular complexity index is 1400. The number of carbonyl (C=O) groups excluding carboxylic acids is 2. The van der Waals surface area contributed by atoms with Crippen molar-refractivity contribution >= 4 is 49.3 Å². The van der Waals surface area contributed by atoms with Gasteiger partial charge in [-0.3, -0.25) is 23.9 Å². The zero-order valence-electron chi connectivity index (χ0n) is 17.2. The molecule has 2 aromatic heterocycles. The van der Waals surface area contributed by atoms with Gasteiger partial charge in [-0.25, -0.2) is 4.98 Å². The van der Waals surface area contributed by atoms with Gasteiger partial charge in [-0.2, -0.15) is 0 Å². The third-order valence-corrected chi connectivity index (χ3v) is 7.42. The van der Waals surface area contributed by atoms with E-state index in [1.54, 1.807) is 24.3 Å². The van der Waals surface area contributed by atoms with Crippen LogP contribution in [-0.2, 0) is 13.0 Å². The normalized spacial score (nSPS) is 13.2. The highest BCUT2D eigenvalue weighted by Gasteiger charge is 2.34. The monoisotopic (exact) mass is 507 g/mol. The average Bonchev–Trinajstić information content (AvgIpc) is 3.30. The molecule has 2 aromatic carbocycles. The Morgan fingerprint density at radius 1 is 0.938 bits per heavy atom. The van der Waals surface area contributed by atoms with Gasteiger partial charge in [0.1, 0.15) is 4.83 Å². The summed E-state index contributed by atoms with van der Waals surface area (Å²) in [6, 6.07) is 14.7. The van der Waals surface area contributed by atoms with E-state index < -0.39 is 0 Å². The number of hydrogen-bond donors (Lipinski definition) is 0. The summed E-state index contributed by atoms with van der Waals surface area (Å²) in [5.74, 6) is -0.654. The molecule has 160 valence electrons. The summed E-state index contributed by atoms with van der Waals surface area (Å²) in [5, 5.41) is 0.582. The summed E-state index contributed by atoms with van der Waals surface area (Å²) in [6.07, 6.45) is 2.30. The maximum Gasteiger partial charge on any atom is 0.262 e. The Morgan fingerprint density at radius 2 is 1.59 bits per heavy atom. The number of carbonyl (C=O) groups is 2. The number of imide groups is 1. The van der Waals surface area contributed by atoms with E-state index in [9.17, 15) is 14.4 Å². The van der Waals surface area contributed by atoms with Crippen molar-refractivity contribution in [3.05, 3.63) is 85.7 Å². The molecule has 0 unspecified atom stereocenters. The lowest BCUT2D eigenvalue weighted by atomic mass is 10.0. The van der Waals surface area contributed by atoms with Crippen molar-refractivity contribution < 1.29 is 9.59 Å². The van der Waals surface area contributed by atoms with Crippen LogP contribution in [0.4, 0.5) is 0 Å². The molecule has 0 saturated carbocycles. The smallest absolute Gasteiger partial charge is 0.262 e. The van der Waals surface area contributed by atoms with Crippen LogP contribution in [-0.4, -0.2) is 32.8 Å². The summed E-state index contributed by atoms with van der Waals surface area (Å²) < 4.78 is 2.45. The fourth-order valence-corrected chi connectivity index (χ4v) is 5.41. The average molecular weight is 508 g/mol. The van der Waals surface area contributed by atoms with Crippen molar-refractivity contribution in [1.29, 1.82) is 0 Å². The van der Waals surface area contributed by atoms with Crippen LogP contribution >= 0.6 is 27.3 Å². The minimum Gasteiger partial charge on any atom is -0.297 e. The number of thiophene rings is 1. The van der Waals surface area contributed by atoms with Crippen molar-refractivity contribution in [3.8, 4) is 11.1 Å². The predicted molar refractivity (Wildman–Crippen MR) is 128 cm³/mol. The minimum atomic E-state index is -0.327. The lowest BCUT2D eigenvalue weighted by Crippen LogP contribution is -2.35. The molecule has 1 aliphatic rings. The molecule has 4 aromatic rings. The maximum atomic E-state index is 13.4. The van der Waals surface area contributed by atoms with E-state index in [1.165, 1.54) is 27.1 Å². The molecule has 0 fully saturated rings. The Balaban J connectivity index is 1.51. The third kappa shape index (κ3) is 3.30. The molecule has 32 heavy (non-hydrogen) atoms. The number of nitrogens with zero attached hydrogens (tertiary/aromatic N) is 3. The number of aryl methyl sites for hydroxylation is 1. The number of amides is 2. The first-order valence-corrected chi connectivity index (χ1v) is 11.8. The summed E-state index contributed by atoms with van der Waals surface area (Å²) in [7, 11) is 0. The van der Waals surface area contributed by atoms with Crippen LogP contribution in [0.25, 0.3) is 21.3 Å². The highest BCUT2D eigenvalue weighted by Crippen LogP contribution is 2.36. The largest absolute Gasteiger partial charge is 0.297 e. The molecular weight excluding hydrogens is 490 g/mol. The van der Waals surface area contributed by atoms with Crippen molar-refractivity contribution in [3.63, 3.8) is 0 Å². The quantitative estimate of drug-likeness (QED) is 0.365. The predicted octanol–water partition coefficient (Wildman–Crippen LogP) is 4.75. The fraction of sp³-hybridized carbons (Fsp3) is 0.167. The molecule has 5 rings (SSSR count). The van der Waals surface area contributed by atoms with Crippen LogP contribution in [0.15, 0.2) is 64.1 Å². The molecule has 8 heteroatoms. The van der Waals surface area contributed by atoms with Crippen LogP contribution < -0.4 is 5.56 Å². The zero-order valence-corrected chi connectivity index (χ0v) is 19.6. The lowest BCUT2D eigenvalue weighted by molar-refractivity contribution is 0.0648. The number of aromatic nitrogens is 2. The Labute approximate surface area is 196 Å². The second kappa shape index (κ2) is 8.11. The lowest BCUT2D eigenvalue weighted by Gasteiger charge is -2.14. The van der Waals surface area contributed by atoms with Crippen LogP contribution in [0.3, 0.4) is 0 Å². The van der Waals surface area contributed by atoms with Gasteiger partial charge >= 0.3 is 0 Å². The molecule has 0 spiro atoms. The van der Waals surface area contributed by atoms with Gasteiger partial charge in [0, 0.05) is 28.0 Å². The number of rotatable bonds is 5. The van der Waals surface area contributed by atoms with Crippen molar-refractivity contribution in [2.75, 3.05) is 6.54 Å². The SMILES string of the molecule is CCc1sc2ncn(CCN3C(=O)c4ccccc4C3=O)c(=O)c2c1-c1ccc(Br)cc1. The molecule has 0 aliphatic carbocycles. The first-order chi connectivity index (χ1) is 15.5. The Kier molecular flexibility index (Phi) is 5.27. The highest BCUT2D eigenvalue weighted by atomic mass is 79.9. The summed E-state index contributed by atoms with van der Waals surface area (Å²) in [5.41, 5.74) is 2.52. The topological polar surface area (TPSA) is 72.3 Å². The van der Waals surface area contributed by atoms with Gasteiger partial charge in [-0.1, -0.05) is 47.1 Å². The van der Waals surface area contributed by atoms with E-state index in [1.807, 2.05) is 24.3 Å². The number of benzene rings is 2. The van der Waals surface area contributed by atoms with Gasteiger partial charge in [0.25, 0.3) is 17.4 Å². The van der Waals surface area contributed by atoms with Gasteiger partial charge < -0.3 is 0 Å². The van der Waals surface area contributed by atoms with Gasteiger partial charge in [0.2, 0.25) is 0 Å². The van der Waals surface area contributed by atoms with Gasteiger partial charge in [-0.05, 0) is 36.2 Å². The Morgan fingerprint density at radius 3 is 2.22 bits per heavy atom. The fourth-order valence-electron chi connectivity index (χ4n) is 4.05. The first kappa shape index (κ1) is 20.8. The number of fused-ring (bicyclic) bond motifs is 2. The summed E-state index contributed by atoms with van der Waals surface area (Å²) in [6.45, 7) is 2.36. The molecule has 0 radical (unpaired) electrons. The third-order valence-electron chi connectivity index (χ3n) is 5.65. The van der Waals surface area contributed by atoms with Crippen LogP contribution in [0.1, 0.15) is 32.5 Å². The molecule has 3 heterocycles. The van der Waals surface area contributed by atoms with E-state index in [0.29, 0.717) is 21.3 Å². The van der Waals surface area contributed by atoms with Gasteiger partial charge in [-0.15, -0.1) is 11.3 Å². The van der Waals surface area contributed by atoms with Crippen LogP contribution in [0, 0.1) is 0 Å². The highest BCUT2D eigenvalue weighted by molar-refractivity contribution is 9.10.